The summed E-state index contributed by atoms with van der Waals surface area (Å²) < 4.78 is 0. The number of aromatic nitrogens is 2. The van der Waals surface area contributed by atoms with E-state index in [0.717, 1.165) is 12.5 Å². The van der Waals surface area contributed by atoms with E-state index in [-0.39, 0.29) is 0 Å². The van der Waals surface area contributed by atoms with Crippen LogP contribution in [0.2, 0.25) is 0 Å². The number of nitrogens with zero attached hydrogens (tertiary/aromatic N) is 1. The van der Waals surface area contributed by atoms with Crippen molar-refractivity contribution in [2.45, 2.75) is 25.8 Å². The number of hydrogen-bond donors (Lipinski definition) is 2. The SMILES string of the molecule is CC1CCC(c2ccn[nH]2)NC1. The number of piperidine rings is 1. The first-order valence-corrected chi connectivity index (χ1v) is 4.59. The molecule has 1 aliphatic heterocycles. The van der Waals surface area contributed by atoms with Gasteiger partial charge in [0.25, 0.3) is 0 Å². The lowest BCUT2D eigenvalue weighted by atomic mass is 9.95. The van der Waals surface area contributed by atoms with Gasteiger partial charge >= 0.3 is 0 Å². The fourth-order valence-corrected chi connectivity index (χ4v) is 1.72. The van der Waals surface area contributed by atoms with E-state index in [4.69, 9.17) is 0 Å². The molecule has 0 spiro atoms. The van der Waals surface area contributed by atoms with Gasteiger partial charge in [0.1, 0.15) is 0 Å². The van der Waals surface area contributed by atoms with Crippen molar-refractivity contribution in [3.8, 4) is 0 Å². The molecular formula is C9H15N3. The minimum absolute atomic E-state index is 0.503. The van der Waals surface area contributed by atoms with Crippen LogP contribution in [0.15, 0.2) is 12.3 Å². The van der Waals surface area contributed by atoms with E-state index < -0.39 is 0 Å². The molecule has 2 rings (SSSR count). The van der Waals surface area contributed by atoms with Crippen LogP contribution in [0.3, 0.4) is 0 Å². The highest BCUT2D eigenvalue weighted by atomic mass is 15.1. The molecule has 0 amide bonds. The van der Waals surface area contributed by atoms with Crippen molar-refractivity contribution in [1.82, 2.24) is 15.5 Å². The van der Waals surface area contributed by atoms with Crippen molar-refractivity contribution >= 4 is 0 Å². The molecule has 1 aromatic heterocycles. The number of hydrogen-bond acceptors (Lipinski definition) is 2. The summed E-state index contributed by atoms with van der Waals surface area (Å²) >= 11 is 0. The Morgan fingerprint density at radius 3 is 3.00 bits per heavy atom. The molecular weight excluding hydrogens is 150 g/mol. The molecule has 3 heteroatoms. The van der Waals surface area contributed by atoms with Gasteiger partial charge in [0, 0.05) is 12.2 Å². The molecule has 66 valence electrons. The molecule has 2 atom stereocenters. The summed E-state index contributed by atoms with van der Waals surface area (Å²) in [5.41, 5.74) is 1.22. The average Bonchev–Trinajstić information content (AvgIpc) is 2.58. The third-order valence-electron chi connectivity index (χ3n) is 2.56. The fourth-order valence-electron chi connectivity index (χ4n) is 1.72. The van der Waals surface area contributed by atoms with E-state index >= 15 is 0 Å². The number of H-pyrrole nitrogens is 1. The topological polar surface area (TPSA) is 40.7 Å². The van der Waals surface area contributed by atoms with E-state index in [1.54, 1.807) is 0 Å². The van der Waals surface area contributed by atoms with Crippen molar-refractivity contribution in [3.05, 3.63) is 18.0 Å². The fraction of sp³-hybridized carbons (Fsp3) is 0.667. The molecule has 2 unspecified atom stereocenters. The lowest BCUT2D eigenvalue weighted by Crippen LogP contribution is -2.32. The molecule has 1 fully saturated rings. The highest BCUT2D eigenvalue weighted by Crippen LogP contribution is 2.23. The van der Waals surface area contributed by atoms with E-state index in [9.17, 15) is 0 Å². The van der Waals surface area contributed by atoms with Crippen LogP contribution in [0.25, 0.3) is 0 Å². The van der Waals surface area contributed by atoms with Gasteiger partial charge in [0.05, 0.1) is 5.69 Å². The highest BCUT2D eigenvalue weighted by molar-refractivity contribution is 5.05. The van der Waals surface area contributed by atoms with Gasteiger partial charge in [-0.25, -0.2) is 0 Å². The molecule has 1 aliphatic rings. The molecule has 0 aromatic carbocycles. The first-order chi connectivity index (χ1) is 5.86. The molecule has 1 aromatic rings. The highest BCUT2D eigenvalue weighted by Gasteiger charge is 2.19. The van der Waals surface area contributed by atoms with E-state index in [2.05, 4.69) is 22.4 Å². The van der Waals surface area contributed by atoms with Crippen LogP contribution < -0.4 is 5.32 Å². The van der Waals surface area contributed by atoms with Crippen LogP contribution >= 0.6 is 0 Å². The zero-order chi connectivity index (χ0) is 8.39. The quantitative estimate of drug-likeness (QED) is 0.661. The van der Waals surface area contributed by atoms with Crippen LogP contribution in [-0.4, -0.2) is 16.7 Å². The maximum Gasteiger partial charge on any atom is 0.0521 e. The Balaban J connectivity index is 1.99. The van der Waals surface area contributed by atoms with Gasteiger partial charge in [-0.1, -0.05) is 6.92 Å². The number of rotatable bonds is 1. The maximum absolute atomic E-state index is 3.95. The molecule has 0 saturated carbocycles. The van der Waals surface area contributed by atoms with E-state index in [1.165, 1.54) is 18.5 Å². The Labute approximate surface area is 72.6 Å². The second-order valence-electron chi connectivity index (χ2n) is 3.66. The van der Waals surface area contributed by atoms with Gasteiger partial charge in [0.15, 0.2) is 0 Å². The normalized spacial score (nSPS) is 30.4. The van der Waals surface area contributed by atoms with Crippen LogP contribution in [-0.2, 0) is 0 Å². The number of nitrogens with one attached hydrogen (secondary N) is 2. The largest absolute Gasteiger partial charge is 0.308 e. The van der Waals surface area contributed by atoms with Gasteiger partial charge < -0.3 is 5.32 Å². The zero-order valence-electron chi connectivity index (χ0n) is 7.38. The predicted molar refractivity (Wildman–Crippen MR) is 47.7 cm³/mol. The summed E-state index contributed by atoms with van der Waals surface area (Å²) in [6, 6.07) is 2.55. The zero-order valence-corrected chi connectivity index (χ0v) is 7.38. The molecule has 0 bridgehead atoms. The summed E-state index contributed by atoms with van der Waals surface area (Å²) in [5, 5.41) is 10.5. The van der Waals surface area contributed by atoms with Crippen LogP contribution in [0.4, 0.5) is 0 Å². The van der Waals surface area contributed by atoms with Crippen molar-refractivity contribution in [3.63, 3.8) is 0 Å². The monoisotopic (exact) mass is 165 g/mol. The van der Waals surface area contributed by atoms with Gasteiger partial charge in [-0.2, -0.15) is 5.10 Å². The van der Waals surface area contributed by atoms with Crippen molar-refractivity contribution in [2.24, 2.45) is 5.92 Å². The summed E-state index contributed by atoms with van der Waals surface area (Å²) in [7, 11) is 0. The Bertz CT molecular complexity index is 222. The Hall–Kier alpha value is -0.830. The average molecular weight is 165 g/mol. The van der Waals surface area contributed by atoms with Crippen molar-refractivity contribution in [1.29, 1.82) is 0 Å². The van der Waals surface area contributed by atoms with Crippen molar-refractivity contribution < 1.29 is 0 Å². The first-order valence-electron chi connectivity index (χ1n) is 4.59. The van der Waals surface area contributed by atoms with Gasteiger partial charge in [-0.15, -0.1) is 0 Å². The van der Waals surface area contributed by atoms with Crippen molar-refractivity contribution in [2.75, 3.05) is 6.54 Å². The standard InChI is InChI=1S/C9H15N3/c1-7-2-3-8(10-6-7)9-4-5-11-12-9/h4-5,7-8,10H,2-3,6H2,1H3,(H,11,12). The summed E-state index contributed by atoms with van der Waals surface area (Å²) in [6.07, 6.45) is 4.36. The Morgan fingerprint density at radius 1 is 1.50 bits per heavy atom. The molecule has 1 saturated heterocycles. The molecule has 3 nitrogen and oxygen atoms in total. The van der Waals surface area contributed by atoms with Gasteiger partial charge in [-0.05, 0) is 31.4 Å². The van der Waals surface area contributed by atoms with Gasteiger partial charge in [0.2, 0.25) is 0 Å². The predicted octanol–water partition coefficient (Wildman–Crippen LogP) is 1.47. The Morgan fingerprint density at radius 2 is 2.42 bits per heavy atom. The Kier molecular flexibility index (Phi) is 2.13. The smallest absolute Gasteiger partial charge is 0.0521 e. The second-order valence-corrected chi connectivity index (χ2v) is 3.66. The molecule has 2 heterocycles. The number of aromatic amines is 1. The lowest BCUT2D eigenvalue weighted by Gasteiger charge is -2.26. The minimum atomic E-state index is 0.503. The molecule has 12 heavy (non-hydrogen) atoms. The first kappa shape index (κ1) is 7.80. The third kappa shape index (κ3) is 1.50. The summed E-state index contributed by atoms with van der Waals surface area (Å²) in [4.78, 5) is 0. The molecule has 0 radical (unpaired) electrons. The molecule has 0 aliphatic carbocycles. The third-order valence-corrected chi connectivity index (χ3v) is 2.56. The van der Waals surface area contributed by atoms with Crippen LogP contribution in [0, 0.1) is 5.92 Å². The van der Waals surface area contributed by atoms with Crippen LogP contribution in [0.1, 0.15) is 31.5 Å². The summed E-state index contributed by atoms with van der Waals surface area (Å²) in [6.45, 7) is 3.42. The van der Waals surface area contributed by atoms with E-state index in [1.807, 2.05) is 12.3 Å². The molecule has 2 N–H and O–H groups in total. The minimum Gasteiger partial charge on any atom is -0.308 e. The lowest BCUT2D eigenvalue weighted by molar-refractivity contribution is 0.328. The van der Waals surface area contributed by atoms with Gasteiger partial charge in [-0.3, -0.25) is 5.10 Å². The maximum atomic E-state index is 3.95. The van der Waals surface area contributed by atoms with E-state index in [0.29, 0.717) is 6.04 Å². The summed E-state index contributed by atoms with van der Waals surface area (Å²) in [5.74, 6) is 0.823. The van der Waals surface area contributed by atoms with Crippen LogP contribution in [0.5, 0.6) is 0 Å². The second kappa shape index (κ2) is 3.27.